The number of rotatable bonds is 5. The van der Waals surface area contributed by atoms with Crippen LogP contribution in [-0.4, -0.2) is 37.1 Å². The lowest BCUT2D eigenvalue weighted by molar-refractivity contribution is 0.202. The molecular formula is C10H14BrClN2O. The molecule has 0 bridgehead atoms. The molecule has 3 nitrogen and oxygen atoms in total. The average molecular weight is 294 g/mol. The van der Waals surface area contributed by atoms with Crippen molar-refractivity contribution in [2.45, 2.75) is 4.83 Å². The minimum atomic E-state index is 0.289. The van der Waals surface area contributed by atoms with Crippen LogP contribution < -0.4 is 4.90 Å². The number of methoxy groups -OCH3 is 1. The van der Waals surface area contributed by atoms with Gasteiger partial charge in [0, 0.05) is 33.1 Å². The van der Waals surface area contributed by atoms with Gasteiger partial charge in [-0.1, -0.05) is 27.5 Å². The molecule has 15 heavy (non-hydrogen) atoms. The van der Waals surface area contributed by atoms with Crippen LogP contribution in [0.5, 0.6) is 0 Å². The molecule has 1 unspecified atom stereocenters. The fourth-order valence-corrected chi connectivity index (χ4v) is 2.27. The maximum Gasteiger partial charge on any atom is 0.0822 e. The van der Waals surface area contributed by atoms with Gasteiger partial charge >= 0.3 is 0 Å². The summed E-state index contributed by atoms with van der Waals surface area (Å²) in [5.41, 5.74) is 0.979. The molecule has 84 valence electrons. The van der Waals surface area contributed by atoms with Crippen LogP contribution in [0.3, 0.4) is 0 Å². The molecule has 0 saturated heterocycles. The topological polar surface area (TPSA) is 25.4 Å². The van der Waals surface area contributed by atoms with Crippen molar-refractivity contribution in [1.29, 1.82) is 0 Å². The van der Waals surface area contributed by atoms with Gasteiger partial charge in [-0.05, 0) is 6.07 Å². The number of nitrogens with zero attached hydrogens (tertiary/aromatic N) is 2. The molecule has 0 aliphatic heterocycles. The maximum atomic E-state index is 6.03. The highest BCUT2D eigenvalue weighted by Gasteiger charge is 2.10. The highest BCUT2D eigenvalue weighted by molar-refractivity contribution is 9.09. The van der Waals surface area contributed by atoms with E-state index in [1.54, 1.807) is 19.5 Å². The molecule has 0 saturated carbocycles. The summed E-state index contributed by atoms with van der Waals surface area (Å²) >= 11 is 9.56. The van der Waals surface area contributed by atoms with Crippen molar-refractivity contribution in [3.63, 3.8) is 0 Å². The Morgan fingerprint density at radius 2 is 2.40 bits per heavy atom. The Balaban J connectivity index is 2.61. The summed E-state index contributed by atoms with van der Waals surface area (Å²) in [6.07, 6.45) is 3.38. The number of halogens is 2. The van der Waals surface area contributed by atoms with Crippen LogP contribution in [0.15, 0.2) is 18.5 Å². The highest BCUT2D eigenvalue weighted by Crippen LogP contribution is 2.23. The molecular weight excluding hydrogens is 279 g/mol. The lowest BCUT2D eigenvalue weighted by atomic mass is 10.3. The second-order valence-electron chi connectivity index (χ2n) is 3.26. The first kappa shape index (κ1) is 12.7. The Kier molecular flexibility index (Phi) is 5.36. The molecule has 0 N–H and O–H groups in total. The third kappa shape index (κ3) is 3.97. The Hall–Kier alpha value is -0.320. The molecule has 1 heterocycles. The number of ether oxygens (including phenoxy) is 1. The van der Waals surface area contributed by atoms with Crippen molar-refractivity contribution in [3.8, 4) is 0 Å². The predicted molar refractivity (Wildman–Crippen MR) is 67.1 cm³/mol. The van der Waals surface area contributed by atoms with Crippen molar-refractivity contribution < 1.29 is 4.74 Å². The summed E-state index contributed by atoms with van der Waals surface area (Å²) in [7, 11) is 3.68. The molecule has 5 heteroatoms. The van der Waals surface area contributed by atoms with E-state index in [2.05, 4.69) is 25.8 Å². The standard InChI is InChI=1S/C10H14BrClN2O/c1-14(6-8(11)7-15-2)10-3-4-13-5-9(10)12/h3-5,8H,6-7H2,1-2H3. The van der Waals surface area contributed by atoms with E-state index in [4.69, 9.17) is 16.3 Å². The number of pyridine rings is 1. The van der Waals surface area contributed by atoms with Gasteiger partial charge in [0.15, 0.2) is 0 Å². The zero-order chi connectivity index (χ0) is 11.3. The number of aromatic nitrogens is 1. The van der Waals surface area contributed by atoms with E-state index in [1.165, 1.54) is 0 Å². The summed E-state index contributed by atoms with van der Waals surface area (Å²) in [6.45, 7) is 1.50. The van der Waals surface area contributed by atoms with Crippen LogP contribution in [0.25, 0.3) is 0 Å². The van der Waals surface area contributed by atoms with Crippen molar-refractivity contribution in [3.05, 3.63) is 23.5 Å². The molecule has 0 spiro atoms. The predicted octanol–water partition coefficient (Wildman–Crippen LogP) is 2.58. The second-order valence-corrected chi connectivity index (χ2v) is 4.96. The van der Waals surface area contributed by atoms with Crippen LogP contribution >= 0.6 is 27.5 Å². The number of alkyl halides is 1. The number of hydrogen-bond acceptors (Lipinski definition) is 3. The molecule has 1 atom stereocenters. The zero-order valence-corrected chi connectivity index (χ0v) is 11.1. The lowest BCUT2D eigenvalue weighted by Gasteiger charge is -2.22. The van der Waals surface area contributed by atoms with Gasteiger partial charge in [0.05, 0.1) is 22.1 Å². The molecule has 1 aromatic heterocycles. The molecule has 1 rings (SSSR count). The quantitative estimate of drug-likeness (QED) is 0.780. The second kappa shape index (κ2) is 6.30. The third-order valence-corrected chi connectivity index (χ3v) is 2.83. The fourth-order valence-electron chi connectivity index (χ4n) is 1.31. The Labute approximate surface area is 104 Å². The summed E-state index contributed by atoms with van der Waals surface area (Å²) < 4.78 is 5.05. The van der Waals surface area contributed by atoms with Gasteiger partial charge in [-0.2, -0.15) is 0 Å². The van der Waals surface area contributed by atoms with Gasteiger partial charge in [0.1, 0.15) is 0 Å². The number of hydrogen-bond donors (Lipinski definition) is 0. The van der Waals surface area contributed by atoms with E-state index in [0.29, 0.717) is 11.6 Å². The lowest BCUT2D eigenvalue weighted by Crippen LogP contribution is -2.28. The molecule has 0 aliphatic rings. The van der Waals surface area contributed by atoms with Gasteiger partial charge in [-0.25, -0.2) is 0 Å². The van der Waals surface area contributed by atoms with Crippen LogP contribution in [0, 0.1) is 0 Å². The first-order chi connectivity index (χ1) is 7.15. The zero-order valence-electron chi connectivity index (χ0n) is 8.78. The molecule has 0 amide bonds. The van der Waals surface area contributed by atoms with Crippen LogP contribution in [-0.2, 0) is 4.74 Å². The molecule has 0 aromatic carbocycles. The number of anilines is 1. The largest absolute Gasteiger partial charge is 0.383 e. The smallest absolute Gasteiger partial charge is 0.0822 e. The van der Waals surface area contributed by atoms with Crippen molar-refractivity contribution in [2.75, 3.05) is 32.2 Å². The summed E-state index contributed by atoms with van der Waals surface area (Å²) in [5.74, 6) is 0. The molecule has 0 fully saturated rings. The normalized spacial score (nSPS) is 12.5. The molecule has 1 aromatic rings. The third-order valence-electron chi connectivity index (χ3n) is 1.98. The van der Waals surface area contributed by atoms with Crippen LogP contribution in [0.4, 0.5) is 5.69 Å². The minimum Gasteiger partial charge on any atom is -0.383 e. The Morgan fingerprint density at radius 3 is 3.00 bits per heavy atom. The first-order valence-electron chi connectivity index (χ1n) is 4.58. The maximum absolute atomic E-state index is 6.03. The van der Waals surface area contributed by atoms with E-state index in [-0.39, 0.29) is 4.83 Å². The van der Waals surface area contributed by atoms with E-state index >= 15 is 0 Å². The van der Waals surface area contributed by atoms with E-state index in [0.717, 1.165) is 12.2 Å². The SMILES string of the molecule is COCC(Br)CN(C)c1ccncc1Cl. The summed E-state index contributed by atoms with van der Waals surface area (Å²) in [6, 6.07) is 1.90. The van der Waals surface area contributed by atoms with E-state index in [9.17, 15) is 0 Å². The molecule has 0 radical (unpaired) electrons. The van der Waals surface area contributed by atoms with Gasteiger partial charge in [-0.15, -0.1) is 0 Å². The molecule has 0 aliphatic carbocycles. The van der Waals surface area contributed by atoms with Gasteiger partial charge < -0.3 is 9.64 Å². The van der Waals surface area contributed by atoms with Gasteiger partial charge in [0.25, 0.3) is 0 Å². The van der Waals surface area contributed by atoms with E-state index in [1.807, 2.05) is 13.1 Å². The summed E-state index contributed by atoms with van der Waals surface area (Å²) in [4.78, 5) is 6.31. The first-order valence-corrected chi connectivity index (χ1v) is 5.88. The fraction of sp³-hybridized carbons (Fsp3) is 0.500. The van der Waals surface area contributed by atoms with Crippen molar-refractivity contribution >= 4 is 33.2 Å². The Morgan fingerprint density at radius 1 is 1.67 bits per heavy atom. The van der Waals surface area contributed by atoms with Gasteiger partial charge in [0.2, 0.25) is 0 Å². The highest BCUT2D eigenvalue weighted by atomic mass is 79.9. The minimum absolute atomic E-state index is 0.289. The van der Waals surface area contributed by atoms with Crippen LogP contribution in [0.1, 0.15) is 0 Å². The summed E-state index contributed by atoms with van der Waals surface area (Å²) in [5, 5.41) is 0.664. The van der Waals surface area contributed by atoms with Crippen molar-refractivity contribution in [2.24, 2.45) is 0 Å². The van der Waals surface area contributed by atoms with Crippen LogP contribution in [0.2, 0.25) is 5.02 Å². The Bertz CT molecular complexity index is 311. The van der Waals surface area contributed by atoms with Crippen molar-refractivity contribution in [1.82, 2.24) is 4.98 Å². The van der Waals surface area contributed by atoms with Gasteiger partial charge in [-0.3, -0.25) is 4.98 Å². The van der Waals surface area contributed by atoms with E-state index < -0.39 is 0 Å². The average Bonchev–Trinajstić information content (AvgIpc) is 2.18. The monoisotopic (exact) mass is 292 g/mol.